The minimum Gasteiger partial charge on any atom is -0.493 e. The van der Waals surface area contributed by atoms with Crippen LogP contribution >= 0.6 is 0 Å². The van der Waals surface area contributed by atoms with Crippen molar-refractivity contribution in [2.45, 2.75) is 26.6 Å². The molecule has 1 aromatic carbocycles. The molecular weight excluding hydrogens is 376 g/mol. The number of hydrogen-bond donors (Lipinski definition) is 1. The van der Waals surface area contributed by atoms with Gasteiger partial charge in [0.1, 0.15) is 6.54 Å². The summed E-state index contributed by atoms with van der Waals surface area (Å²) >= 11 is 0. The van der Waals surface area contributed by atoms with E-state index >= 15 is 0 Å². The van der Waals surface area contributed by atoms with Crippen molar-refractivity contribution in [1.82, 2.24) is 19.4 Å². The third-order valence-electron chi connectivity index (χ3n) is 4.56. The van der Waals surface area contributed by atoms with E-state index in [1.165, 1.54) is 25.0 Å². The average molecular weight is 398 g/mol. The number of pyridine rings is 1. The van der Waals surface area contributed by atoms with E-state index in [1.54, 1.807) is 37.3 Å². The maximum atomic E-state index is 12.5. The molecule has 0 saturated carbocycles. The number of carbonyl (C=O) groups excluding carboxylic acids is 1. The van der Waals surface area contributed by atoms with Gasteiger partial charge < -0.3 is 14.8 Å². The van der Waals surface area contributed by atoms with Crippen molar-refractivity contribution in [3.63, 3.8) is 0 Å². The van der Waals surface area contributed by atoms with E-state index in [4.69, 9.17) is 9.47 Å². The number of benzene rings is 1. The molecule has 0 radical (unpaired) electrons. The average Bonchev–Trinajstić information content (AvgIpc) is 2.75. The van der Waals surface area contributed by atoms with Gasteiger partial charge in [-0.3, -0.25) is 23.5 Å². The van der Waals surface area contributed by atoms with Crippen molar-refractivity contribution in [2.24, 2.45) is 0 Å². The van der Waals surface area contributed by atoms with Gasteiger partial charge in [0.25, 0.3) is 0 Å². The second-order valence-corrected chi connectivity index (χ2v) is 6.22. The van der Waals surface area contributed by atoms with Crippen molar-refractivity contribution < 1.29 is 14.3 Å². The number of methoxy groups -OCH3 is 2. The van der Waals surface area contributed by atoms with E-state index in [-0.39, 0.29) is 13.1 Å². The molecule has 0 saturated heterocycles. The molecular formula is C20H22N4O5. The number of ether oxygens (including phenoxy) is 2. The summed E-state index contributed by atoms with van der Waals surface area (Å²) in [5.74, 6) is 0.652. The molecule has 0 aliphatic heterocycles. The maximum absolute atomic E-state index is 12.5. The van der Waals surface area contributed by atoms with Gasteiger partial charge in [0.05, 0.1) is 19.7 Å². The van der Waals surface area contributed by atoms with E-state index in [9.17, 15) is 14.4 Å². The van der Waals surface area contributed by atoms with Crippen LogP contribution < -0.4 is 25.9 Å². The Morgan fingerprint density at radius 3 is 2.52 bits per heavy atom. The Morgan fingerprint density at radius 2 is 1.83 bits per heavy atom. The van der Waals surface area contributed by atoms with Gasteiger partial charge in [-0.2, -0.15) is 0 Å². The highest BCUT2D eigenvalue weighted by Gasteiger charge is 2.16. The minimum absolute atomic E-state index is 0.177. The third kappa shape index (κ3) is 3.84. The number of fused-ring (bicyclic) bond motifs is 1. The Labute approximate surface area is 166 Å². The van der Waals surface area contributed by atoms with Crippen LogP contribution in [0.2, 0.25) is 0 Å². The molecule has 3 aromatic rings. The maximum Gasteiger partial charge on any atom is 0.318 e. The lowest BCUT2D eigenvalue weighted by molar-refractivity contribution is -0.121. The Morgan fingerprint density at radius 1 is 1.07 bits per heavy atom. The van der Waals surface area contributed by atoms with Crippen molar-refractivity contribution >= 4 is 17.1 Å². The third-order valence-corrected chi connectivity index (χ3v) is 4.56. The highest BCUT2D eigenvalue weighted by atomic mass is 16.5. The molecule has 2 heterocycles. The number of nitrogens with one attached hydrogen (secondary N) is 1. The predicted molar refractivity (Wildman–Crippen MR) is 107 cm³/mol. The van der Waals surface area contributed by atoms with Crippen molar-refractivity contribution in [3.8, 4) is 11.5 Å². The Balaban J connectivity index is 1.88. The zero-order valence-corrected chi connectivity index (χ0v) is 16.5. The van der Waals surface area contributed by atoms with Crippen LogP contribution in [0, 0.1) is 0 Å². The van der Waals surface area contributed by atoms with Crippen LogP contribution in [0.5, 0.6) is 11.5 Å². The monoisotopic (exact) mass is 398 g/mol. The minimum atomic E-state index is -0.763. The Bertz CT molecular complexity index is 1170. The smallest absolute Gasteiger partial charge is 0.318 e. The van der Waals surface area contributed by atoms with E-state index in [1.807, 2.05) is 0 Å². The molecule has 0 bridgehead atoms. The summed E-state index contributed by atoms with van der Waals surface area (Å²) in [6, 6.07) is 8.66. The fourth-order valence-electron chi connectivity index (χ4n) is 3.18. The van der Waals surface area contributed by atoms with Crippen molar-refractivity contribution in [3.05, 3.63) is 62.8 Å². The molecule has 3 rings (SSSR count). The van der Waals surface area contributed by atoms with E-state index in [0.717, 1.165) is 10.1 Å². The molecule has 2 aromatic heterocycles. The first-order chi connectivity index (χ1) is 14.0. The summed E-state index contributed by atoms with van der Waals surface area (Å²) in [4.78, 5) is 41.6. The molecule has 0 aliphatic carbocycles. The van der Waals surface area contributed by atoms with Crippen LogP contribution in [-0.4, -0.2) is 34.2 Å². The van der Waals surface area contributed by atoms with Gasteiger partial charge in [-0.05, 0) is 25.1 Å². The molecule has 152 valence electrons. The number of aromatic nitrogens is 3. The molecule has 0 spiro atoms. The first kappa shape index (κ1) is 20.1. The lowest BCUT2D eigenvalue weighted by Gasteiger charge is -2.15. The molecule has 0 fully saturated rings. The zero-order chi connectivity index (χ0) is 21.0. The molecule has 1 amide bonds. The lowest BCUT2D eigenvalue weighted by atomic mass is 10.2. The van der Waals surface area contributed by atoms with Gasteiger partial charge in [0.15, 0.2) is 17.1 Å². The van der Waals surface area contributed by atoms with Crippen LogP contribution in [-0.2, 0) is 24.4 Å². The van der Waals surface area contributed by atoms with E-state index < -0.39 is 17.0 Å². The number of amides is 1. The van der Waals surface area contributed by atoms with E-state index in [2.05, 4.69) is 10.3 Å². The second-order valence-electron chi connectivity index (χ2n) is 6.22. The van der Waals surface area contributed by atoms with Crippen LogP contribution in [0.25, 0.3) is 11.2 Å². The zero-order valence-electron chi connectivity index (χ0n) is 16.5. The highest BCUT2D eigenvalue weighted by molar-refractivity contribution is 5.78. The van der Waals surface area contributed by atoms with Gasteiger partial charge in [-0.15, -0.1) is 0 Å². The summed E-state index contributed by atoms with van der Waals surface area (Å²) in [6.45, 7) is 1.95. The first-order valence-electron chi connectivity index (χ1n) is 9.06. The predicted octanol–water partition coefficient (Wildman–Crippen LogP) is 0.912. The van der Waals surface area contributed by atoms with Gasteiger partial charge in [0.2, 0.25) is 5.91 Å². The molecule has 0 atom stereocenters. The SMILES string of the molecule is CCn1c(=O)c(=O)n(CC(=O)NCc2cccc(OC)c2OC)c2cccnc21. The molecule has 9 heteroatoms. The van der Waals surface area contributed by atoms with Crippen LogP contribution in [0.4, 0.5) is 0 Å². The molecule has 29 heavy (non-hydrogen) atoms. The quantitative estimate of drug-likeness (QED) is 0.594. The first-order valence-corrected chi connectivity index (χ1v) is 9.06. The molecule has 1 N–H and O–H groups in total. The van der Waals surface area contributed by atoms with Gasteiger partial charge in [-0.25, -0.2) is 4.98 Å². The van der Waals surface area contributed by atoms with Gasteiger partial charge in [0, 0.05) is 24.8 Å². The highest BCUT2D eigenvalue weighted by Crippen LogP contribution is 2.30. The fraction of sp³-hybridized carbons (Fsp3) is 0.300. The molecule has 0 aliphatic rings. The topological polar surface area (TPSA) is 104 Å². The summed E-state index contributed by atoms with van der Waals surface area (Å²) in [5.41, 5.74) is 0.0397. The number of nitrogens with zero attached hydrogens (tertiary/aromatic N) is 3. The fourth-order valence-corrected chi connectivity index (χ4v) is 3.18. The Hall–Kier alpha value is -3.62. The largest absolute Gasteiger partial charge is 0.493 e. The summed E-state index contributed by atoms with van der Waals surface area (Å²) in [6.07, 6.45) is 1.54. The van der Waals surface area contributed by atoms with Crippen molar-refractivity contribution in [2.75, 3.05) is 14.2 Å². The second kappa shape index (κ2) is 8.59. The van der Waals surface area contributed by atoms with E-state index in [0.29, 0.717) is 29.2 Å². The van der Waals surface area contributed by atoms with Crippen LogP contribution in [0.15, 0.2) is 46.1 Å². The van der Waals surface area contributed by atoms with Gasteiger partial charge in [-0.1, -0.05) is 12.1 Å². The summed E-state index contributed by atoms with van der Waals surface area (Å²) in [5, 5.41) is 2.75. The van der Waals surface area contributed by atoms with Crippen molar-refractivity contribution in [1.29, 1.82) is 0 Å². The summed E-state index contributed by atoms with van der Waals surface area (Å²) in [7, 11) is 3.05. The Kier molecular flexibility index (Phi) is 5.96. The summed E-state index contributed by atoms with van der Waals surface area (Å²) < 4.78 is 13.0. The number of para-hydroxylation sites is 1. The number of hydrogen-bond acceptors (Lipinski definition) is 6. The van der Waals surface area contributed by atoms with Gasteiger partial charge >= 0.3 is 11.1 Å². The van der Waals surface area contributed by atoms with Crippen LogP contribution in [0.1, 0.15) is 12.5 Å². The normalized spacial score (nSPS) is 10.7. The number of aryl methyl sites for hydroxylation is 1. The van der Waals surface area contributed by atoms with Crippen LogP contribution in [0.3, 0.4) is 0 Å². The lowest BCUT2D eigenvalue weighted by Crippen LogP contribution is -2.44. The molecule has 0 unspecified atom stereocenters. The molecule has 9 nitrogen and oxygen atoms in total. The number of carbonyl (C=O) groups is 1. The standard InChI is InChI=1S/C20H22N4O5/c1-4-23-18-14(8-6-10-21-18)24(20(27)19(23)26)12-16(25)22-11-13-7-5-9-15(28-2)17(13)29-3/h5-10H,4,11-12H2,1-3H3,(H,22,25). The number of rotatable bonds is 7.